The first kappa shape index (κ1) is 12.8. The van der Waals surface area contributed by atoms with E-state index >= 15 is 0 Å². The first-order chi connectivity index (χ1) is 7.99. The van der Waals surface area contributed by atoms with Crippen LogP contribution >= 0.6 is 27.5 Å². The number of likely N-dealkylation sites (tertiary alicyclic amines) is 1. The van der Waals surface area contributed by atoms with Gasteiger partial charge in [0.2, 0.25) is 0 Å². The van der Waals surface area contributed by atoms with Crippen LogP contribution in [0.5, 0.6) is 0 Å². The number of rotatable bonds is 1. The Balaban J connectivity index is 2.28. The van der Waals surface area contributed by atoms with Crippen LogP contribution in [0.4, 0.5) is 4.39 Å². The fourth-order valence-electron chi connectivity index (χ4n) is 1.83. The number of nitrogens with zero attached hydrogens (tertiary/aromatic N) is 1. The van der Waals surface area contributed by atoms with Crippen LogP contribution < -0.4 is 5.73 Å². The van der Waals surface area contributed by atoms with Crippen molar-refractivity contribution in [2.45, 2.75) is 12.5 Å². The molecule has 1 aromatic carbocycles. The zero-order valence-corrected chi connectivity index (χ0v) is 11.3. The van der Waals surface area contributed by atoms with Crippen molar-refractivity contribution in [3.63, 3.8) is 0 Å². The molecule has 1 fully saturated rings. The number of nitrogens with two attached hydrogens (primary N) is 1. The van der Waals surface area contributed by atoms with E-state index in [0.29, 0.717) is 13.1 Å². The Bertz CT molecular complexity index is 469. The lowest BCUT2D eigenvalue weighted by Crippen LogP contribution is -2.32. The molecular formula is C11H11BrClFN2O. The van der Waals surface area contributed by atoms with Gasteiger partial charge in [-0.3, -0.25) is 4.79 Å². The molecule has 0 radical (unpaired) electrons. The van der Waals surface area contributed by atoms with Crippen LogP contribution in [-0.4, -0.2) is 29.9 Å². The van der Waals surface area contributed by atoms with Crippen molar-refractivity contribution in [3.05, 3.63) is 33.0 Å². The van der Waals surface area contributed by atoms with E-state index in [0.717, 1.165) is 12.5 Å². The predicted molar refractivity (Wildman–Crippen MR) is 67.6 cm³/mol. The average Bonchev–Trinajstić information content (AvgIpc) is 2.69. The largest absolute Gasteiger partial charge is 0.337 e. The minimum absolute atomic E-state index is 0.00183. The molecule has 92 valence electrons. The smallest absolute Gasteiger partial charge is 0.255 e. The molecule has 3 nitrogen and oxygen atoms in total. The summed E-state index contributed by atoms with van der Waals surface area (Å²) in [4.78, 5) is 13.7. The summed E-state index contributed by atoms with van der Waals surface area (Å²) in [7, 11) is 0. The Morgan fingerprint density at radius 3 is 2.88 bits per heavy atom. The van der Waals surface area contributed by atoms with Gasteiger partial charge >= 0.3 is 0 Å². The first-order valence-electron chi connectivity index (χ1n) is 5.18. The Morgan fingerprint density at radius 2 is 2.29 bits per heavy atom. The summed E-state index contributed by atoms with van der Waals surface area (Å²) in [5.41, 5.74) is 5.91. The number of halogens is 3. The van der Waals surface area contributed by atoms with E-state index in [9.17, 15) is 9.18 Å². The molecule has 0 aliphatic carbocycles. The number of hydrogen-bond donors (Lipinski definition) is 1. The van der Waals surface area contributed by atoms with Gasteiger partial charge in [0.25, 0.3) is 5.91 Å². The lowest BCUT2D eigenvalue weighted by Gasteiger charge is -2.16. The van der Waals surface area contributed by atoms with E-state index in [2.05, 4.69) is 15.9 Å². The maximum atomic E-state index is 13.4. The summed E-state index contributed by atoms with van der Waals surface area (Å²) in [5, 5.41) is 0.240. The lowest BCUT2D eigenvalue weighted by molar-refractivity contribution is 0.0790. The van der Waals surface area contributed by atoms with E-state index in [4.69, 9.17) is 17.3 Å². The van der Waals surface area contributed by atoms with Gasteiger partial charge in [0.1, 0.15) is 5.82 Å². The van der Waals surface area contributed by atoms with Crippen LogP contribution in [-0.2, 0) is 0 Å². The molecule has 1 aliphatic rings. The molecule has 1 heterocycles. The van der Waals surface area contributed by atoms with Gasteiger partial charge in [0.15, 0.2) is 0 Å². The molecule has 0 aromatic heterocycles. The molecule has 0 bridgehead atoms. The van der Waals surface area contributed by atoms with E-state index in [1.807, 2.05) is 0 Å². The zero-order valence-electron chi connectivity index (χ0n) is 8.92. The van der Waals surface area contributed by atoms with Crippen LogP contribution in [0.25, 0.3) is 0 Å². The van der Waals surface area contributed by atoms with Crippen molar-refractivity contribution in [2.24, 2.45) is 5.73 Å². The third kappa shape index (κ3) is 2.61. The molecule has 1 amide bonds. The normalized spacial score (nSPS) is 19.8. The van der Waals surface area contributed by atoms with Gasteiger partial charge in [-0.2, -0.15) is 0 Å². The molecule has 17 heavy (non-hydrogen) atoms. The number of benzene rings is 1. The van der Waals surface area contributed by atoms with Crippen LogP contribution in [0, 0.1) is 5.82 Å². The average molecular weight is 322 g/mol. The zero-order chi connectivity index (χ0) is 12.6. The maximum absolute atomic E-state index is 13.4. The second-order valence-electron chi connectivity index (χ2n) is 4.05. The molecule has 6 heteroatoms. The second-order valence-corrected chi connectivity index (χ2v) is 5.31. The van der Waals surface area contributed by atoms with Crippen molar-refractivity contribution in [1.29, 1.82) is 0 Å². The predicted octanol–water partition coefficient (Wildman–Crippen LogP) is 2.41. The molecule has 1 atom stereocenters. The Labute approximate surface area is 112 Å². The fraction of sp³-hybridized carbons (Fsp3) is 0.364. The number of carbonyl (C=O) groups is 1. The van der Waals surface area contributed by atoms with Crippen LogP contribution in [0.15, 0.2) is 16.6 Å². The molecule has 2 N–H and O–H groups in total. The first-order valence-corrected chi connectivity index (χ1v) is 6.35. The van der Waals surface area contributed by atoms with Gasteiger partial charge in [0.05, 0.1) is 15.1 Å². The highest BCUT2D eigenvalue weighted by Gasteiger charge is 2.26. The minimum atomic E-state index is -0.499. The van der Waals surface area contributed by atoms with Crippen LogP contribution in [0.2, 0.25) is 5.02 Å². The number of amides is 1. The van der Waals surface area contributed by atoms with Gasteiger partial charge in [-0.1, -0.05) is 11.6 Å². The van der Waals surface area contributed by atoms with Gasteiger partial charge in [0, 0.05) is 19.1 Å². The standard InChI is InChI=1S/C11H11BrClFN2O/c12-8-4-9(13)7(3-10(8)14)11(17)16-2-1-6(15)5-16/h3-4,6H,1-2,5,15H2. The summed E-state index contributed by atoms with van der Waals surface area (Å²) in [6.45, 7) is 1.08. The highest BCUT2D eigenvalue weighted by Crippen LogP contribution is 2.26. The van der Waals surface area contributed by atoms with Crippen molar-refractivity contribution >= 4 is 33.4 Å². The van der Waals surface area contributed by atoms with E-state index in [1.165, 1.54) is 6.07 Å². The lowest BCUT2D eigenvalue weighted by atomic mass is 10.2. The quantitative estimate of drug-likeness (QED) is 0.808. The number of hydrogen-bond acceptors (Lipinski definition) is 2. The molecule has 1 saturated heterocycles. The Hall–Kier alpha value is -0.650. The molecule has 0 saturated carbocycles. The molecule has 0 spiro atoms. The third-order valence-corrected chi connectivity index (χ3v) is 3.67. The van der Waals surface area contributed by atoms with E-state index in [-0.39, 0.29) is 27.0 Å². The summed E-state index contributed by atoms with van der Waals surface area (Å²) in [6.07, 6.45) is 0.766. The second kappa shape index (κ2) is 4.92. The molecular weight excluding hydrogens is 310 g/mol. The van der Waals surface area contributed by atoms with Crippen LogP contribution in [0.3, 0.4) is 0 Å². The third-order valence-electron chi connectivity index (χ3n) is 2.75. The minimum Gasteiger partial charge on any atom is -0.337 e. The van der Waals surface area contributed by atoms with Crippen molar-refractivity contribution in [1.82, 2.24) is 4.90 Å². The van der Waals surface area contributed by atoms with Crippen LogP contribution in [0.1, 0.15) is 16.8 Å². The van der Waals surface area contributed by atoms with Gasteiger partial charge in [-0.05, 0) is 34.5 Å². The van der Waals surface area contributed by atoms with Gasteiger partial charge < -0.3 is 10.6 Å². The molecule has 1 aliphatic heterocycles. The molecule has 1 aromatic rings. The summed E-state index contributed by atoms with van der Waals surface area (Å²) in [5.74, 6) is -0.768. The Kier molecular flexibility index (Phi) is 3.70. The summed E-state index contributed by atoms with van der Waals surface area (Å²) >= 11 is 8.95. The summed E-state index contributed by atoms with van der Waals surface area (Å²) < 4.78 is 13.6. The number of carbonyl (C=O) groups excluding carboxylic acids is 1. The summed E-state index contributed by atoms with van der Waals surface area (Å²) in [6, 6.07) is 2.54. The van der Waals surface area contributed by atoms with Gasteiger partial charge in [-0.15, -0.1) is 0 Å². The van der Waals surface area contributed by atoms with Crippen molar-refractivity contribution < 1.29 is 9.18 Å². The monoisotopic (exact) mass is 320 g/mol. The molecule has 1 unspecified atom stereocenters. The molecule has 2 rings (SSSR count). The van der Waals surface area contributed by atoms with Gasteiger partial charge in [-0.25, -0.2) is 4.39 Å². The SMILES string of the molecule is NC1CCN(C(=O)c2cc(F)c(Br)cc2Cl)C1. The van der Waals surface area contributed by atoms with Crippen molar-refractivity contribution in [2.75, 3.05) is 13.1 Å². The van der Waals surface area contributed by atoms with Crippen molar-refractivity contribution in [3.8, 4) is 0 Å². The van der Waals surface area contributed by atoms with E-state index in [1.54, 1.807) is 4.90 Å². The highest BCUT2D eigenvalue weighted by molar-refractivity contribution is 9.10. The highest BCUT2D eigenvalue weighted by atomic mass is 79.9. The van der Waals surface area contributed by atoms with E-state index < -0.39 is 5.82 Å². The fourth-order valence-corrected chi connectivity index (χ4v) is 2.55. The Morgan fingerprint density at radius 1 is 1.59 bits per heavy atom. The topological polar surface area (TPSA) is 46.3 Å². The maximum Gasteiger partial charge on any atom is 0.255 e.